The summed E-state index contributed by atoms with van der Waals surface area (Å²) in [6.45, 7) is 8.07. The van der Waals surface area contributed by atoms with Gasteiger partial charge in [0.05, 0.1) is 0 Å². The number of hydrogen-bond donors (Lipinski definition) is 2. The van der Waals surface area contributed by atoms with Crippen molar-refractivity contribution >= 4 is 34.8 Å². The largest absolute Gasteiger partial charge is 0.375 e. The lowest BCUT2D eigenvalue weighted by Gasteiger charge is -2.40. The van der Waals surface area contributed by atoms with Crippen LogP contribution in [0.5, 0.6) is 0 Å². The van der Waals surface area contributed by atoms with Crippen molar-refractivity contribution in [3.05, 3.63) is 48.5 Å². The highest BCUT2D eigenvalue weighted by molar-refractivity contribution is 5.90. The minimum absolute atomic E-state index is 0.0545. The highest BCUT2D eigenvalue weighted by atomic mass is 16.2. The van der Waals surface area contributed by atoms with E-state index < -0.39 is 0 Å². The summed E-state index contributed by atoms with van der Waals surface area (Å²) >= 11 is 0. The van der Waals surface area contributed by atoms with Crippen LogP contribution in [0.3, 0.4) is 0 Å². The van der Waals surface area contributed by atoms with Crippen LogP contribution in [0.1, 0.15) is 117 Å². The molecule has 4 amide bonds. The second-order valence-electron chi connectivity index (χ2n) is 15.6. The molecule has 0 aromatic heterocycles. The Kier molecular flexibility index (Phi) is 14.6. The van der Waals surface area contributed by atoms with Gasteiger partial charge in [0, 0.05) is 75.1 Å². The van der Waals surface area contributed by atoms with Crippen molar-refractivity contribution in [1.29, 1.82) is 0 Å². The zero-order chi connectivity index (χ0) is 35.3. The summed E-state index contributed by atoms with van der Waals surface area (Å²) in [5, 5.41) is 6.52. The Bertz CT molecular complexity index is 1200. The number of anilines is 4. The minimum atomic E-state index is 0.0545. The van der Waals surface area contributed by atoms with Gasteiger partial charge in [0.15, 0.2) is 0 Å². The van der Waals surface area contributed by atoms with Crippen molar-refractivity contribution in [2.75, 3.05) is 60.7 Å². The Morgan fingerprint density at radius 3 is 1.20 bits per heavy atom. The maximum Gasteiger partial charge on any atom is 0.322 e. The monoisotopic (exact) mass is 687 g/mol. The van der Waals surface area contributed by atoms with E-state index in [4.69, 9.17) is 0 Å². The molecule has 0 radical (unpaired) electrons. The molecule has 8 nitrogen and oxygen atoms in total. The molecule has 0 aliphatic heterocycles. The maximum atomic E-state index is 13.8. The molecule has 276 valence electrons. The molecule has 3 aliphatic carbocycles. The number of carbonyl (C=O) groups is 2. The average molecular weight is 687 g/mol. The van der Waals surface area contributed by atoms with Crippen molar-refractivity contribution in [3.63, 3.8) is 0 Å². The Balaban J connectivity index is 1.17. The third kappa shape index (κ3) is 10.8. The lowest BCUT2D eigenvalue weighted by Crippen LogP contribution is -2.48. The summed E-state index contributed by atoms with van der Waals surface area (Å²) in [6.07, 6.45) is 18.5. The molecule has 8 heteroatoms. The molecule has 3 aliphatic rings. The van der Waals surface area contributed by atoms with Crippen LogP contribution >= 0.6 is 0 Å². The van der Waals surface area contributed by atoms with Crippen molar-refractivity contribution in [3.8, 4) is 0 Å². The number of urea groups is 2. The minimum Gasteiger partial charge on any atom is -0.375 e. The van der Waals surface area contributed by atoms with E-state index in [9.17, 15) is 9.59 Å². The number of rotatable bonds is 14. The summed E-state index contributed by atoms with van der Waals surface area (Å²) in [4.78, 5) is 36.6. The van der Waals surface area contributed by atoms with E-state index in [0.29, 0.717) is 23.9 Å². The summed E-state index contributed by atoms with van der Waals surface area (Å²) in [5.74, 6) is 1.01. The fourth-order valence-electron chi connectivity index (χ4n) is 8.65. The molecule has 3 fully saturated rings. The third-order valence-corrected chi connectivity index (χ3v) is 11.7. The Labute approximate surface area is 303 Å². The molecular weight excluding hydrogens is 621 g/mol. The molecule has 0 bridgehead atoms. The smallest absolute Gasteiger partial charge is 0.322 e. The van der Waals surface area contributed by atoms with Gasteiger partial charge in [-0.25, -0.2) is 9.59 Å². The predicted octanol–water partition coefficient (Wildman–Crippen LogP) is 10.2. The second-order valence-corrected chi connectivity index (χ2v) is 15.6. The molecular formula is C42H66N6O2. The molecule has 5 rings (SSSR count). The van der Waals surface area contributed by atoms with Crippen molar-refractivity contribution in [2.45, 2.75) is 129 Å². The molecule has 0 saturated heterocycles. The van der Waals surface area contributed by atoms with Crippen LogP contribution in [-0.2, 0) is 0 Å². The quantitative estimate of drug-likeness (QED) is 0.208. The predicted molar refractivity (Wildman–Crippen MR) is 211 cm³/mol. The molecule has 50 heavy (non-hydrogen) atoms. The fourth-order valence-corrected chi connectivity index (χ4v) is 8.65. The van der Waals surface area contributed by atoms with E-state index in [1.165, 1.54) is 49.9 Å². The zero-order valence-corrected chi connectivity index (χ0v) is 31.7. The first kappa shape index (κ1) is 37.8. The van der Waals surface area contributed by atoms with Crippen LogP contribution in [0.25, 0.3) is 0 Å². The van der Waals surface area contributed by atoms with E-state index >= 15 is 0 Å². The van der Waals surface area contributed by atoms with Gasteiger partial charge >= 0.3 is 12.1 Å². The van der Waals surface area contributed by atoms with Crippen molar-refractivity contribution < 1.29 is 9.59 Å². The van der Waals surface area contributed by atoms with Crippen LogP contribution in [0.2, 0.25) is 0 Å². The van der Waals surface area contributed by atoms with Crippen LogP contribution < -0.4 is 20.4 Å². The average Bonchev–Trinajstić information content (AvgIpc) is 3.14. The fraction of sp³-hybridized carbons (Fsp3) is 0.667. The van der Waals surface area contributed by atoms with E-state index in [2.05, 4.69) is 82.4 Å². The van der Waals surface area contributed by atoms with E-state index in [0.717, 1.165) is 102 Å². The highest BCUT2D eigenvalue weighted by Gasteiger charge is 2.33. The van der Waals surface area contributed by atoms with Crippen molar-refractivity contribution in [1.82, 2.24) is 9.80 Å². The normalized spacial score (nSPS) is 20.2. The maximum absolute atomic E-state index is 13.8. The Morgan fingerprint density at radius 1 is 0.540 bits per heavy atom. The first-order valence-corrected chi connectivity index (χ1v) is 20.1. The van der Waals surface area contributed by atoms with Gasteiger partial charge in [-0.1, -0.05) is 52.4 Å². The Hall–Kier alpha value is -3.42. The number of nitrogens with zero attached hydrogens (tertiary/aromatic N) is 4. The molecule has 3 saturated carbocycles. The summed E-state index contributed by atoms with van der Waals surface area (Å²) in [5.41, 5.74) is 4.09. The van der Waals surface area contributed by atoms with Gasteiger partial charge in [-0.15, -0.1) is 0 Å². The standard InChI is InChI=1S/C42H66N6O2/c1-5-29-45(3)37-25-21-35(22-26-37)43-41(49)47(39-13-9-7-10-14-39)31-33-17-19-34(20-18-33)32-48(40-15-11-8-12-16-40)42(50)44-36-23-27-38(28-24-36)46(4)30-6-2/h21-28,33-34,39-40H,5-20,29-32H2,1-4H3,(H,43,49)(H,44,50). The van der Waals surface area contributed by atoms with Crippen LogP contribution in [0.15, 0.2) is 48.5 Å². The summed E-state index contributed by atoms with van der Waals surface area (Å²) < 4.78 is 0. The van der Waals surface area contributed by atoms with E-state index in [-0.39, 0.29) is 12.1 Å². The first-order valence-electron chi connectivity index (χ1n) is 20.1. The highest BCUT2D eigenvalue weighted by Crippen LogP contribution is 2.34. The Morgan fingerprint density at radius 2 is 0.880 bits per heavy atom. The van der Waals surface area contributed by atoms with Gasteiger partial charge in [-0.05, 0) is 125 Å². The second kappa shape index (κ2) is 19.3. The summed E-state index contributed by atoms with van der Waals surface area (Å²) in [7, 11) is 4.23. The summed E-state index contributed by atoms with van der Waals surface area (Å²) in [6, 6.07) is 17.4. The molecule has 0 atom stereocenters. The zero-order valence-electron chi connectivity index (χ0n) is 31.7. The van der Waals surface area contributed by atoms with Gasteiger partial charge in [0.25, 0.3) is 0 Å². The lowest BCUT2D eigenvalue weighted by molar-refractivity contribution is 0.117. The molecule has 2 aromatic rings. The molecule has 0 heterocycles. The lowest BCUT2D eigenvalue weighted by atomic mass is 9.80. The van der Waals surface area contributed by atoms with Crippen LogP contribution in [-0.4, -0.2) is 74.2 Å². The van der Waals surface area contributed by atoms with E-state index in [1.54, 1.807) is 0 Å². The molecule has 0 spiro atoms. The van der Waals surface area contributed by atoms with Crippen LogP contribution in [0.4, 0.5) is 32.3 Å². The molecule has 2 aromatic carbocycles. The van der Waals surface area contributed by atoms with Crippen molar-refractivity contribution in [2.24, 2.45) is 11.8 Å². The molecule has 2 N–H and O–H groups in total. The van der Waals surface area contributed by atoms with Gasteiger partial charge in [-0.3, -0.25) is 0 Å². The van der Waals surface area contributed by atoms with Gasteiger partial charge < -0.3 is 30.2 Å². The first-order chi connectivity index (χ1) is 24.3. The number of carbonyl (C=O) groups excluding carboxylic acids is 2. The third-order valence-electron chi connectivity index (χ3n) is 11.7. The number of nitrogens with one attached hydrogen (secondary N) is 2. The van der Waals surface area contributed by atoms with Gasteiger partial charge in [0.1, 0.15) is 0 Å². The molecule has 0 unspecified atom stereocenters. The van der Waals surface area contributed by atoms with Gasteiger partial charge in [0.2, 0.25) is 0 Å². The van der Waals surface area contributed by atoms with Gasteiger partial charge in [-0.2, -0.15) is 0 Å². The SMILES string of the molecule is CCCN(C)c1ccc(NC(=O)N(CC2CCC(CN(C(=O)Nc3ccc(N(C)CCC)cc3)C3CCCCC3)CC2)C2CCCCC2)cc1. The number of amides is 4. The number of benzene rings is 2. The van der Waals surface area contributed by atoms with Crippen LogP contribution in [0, 0.1) is 11.8 Å². The van der Waals surface area contributed by atoms with E-state index in [1.807, 2.05) is 24.3 Å². The number of hydrogen-bond acceptors (Lipinski definition) is 4. The topological polar surface area (TPSA) is 71.2 Å².